The van der Waals surface area contributed by atoms with Crippen LogP contribution in [0, 0.1) is 5.92 Å². The molecule has 1 N–H and O–H groups in total. The lowest BCUT2D eigenvalue weighted by molar-refractivity contribution is 0.0622. The Morgan fingerprint density at radius 1 is 1.11 bits per heavy atom. The van der Waals surface area contributed by atoms with Crippen molar-refractivity contribution >= 4 is 27.3 Å². The van der Waals surface area contributed by atoms with E-state index in [0.29, 0.717) is 12.0 Å². The number of hydrogen-bond donors (Lipinski definition) is 1. The summed E-state index contributed by atoms with van der Waals surface area (Å²) in [7, 11) is 1.68. The van der Waals surface area contributed by atoms with Crippen LogP contribution >= 0.6 is 11.3 Å². The molecule has 2 bridgehead atoms. The standard InChI is InChI=1S/C23H24N2O2S/c1-27-19-4-2-3-16(11-19)17-5-6-18-13-22(28-21(18)12-17)23(26)24-20-14-25-9-7-15(20)8-10-25/h2-6,11-13,15,20H,7-10,14H2,1H3,(H,24,26). The molecule has 144 valence electrons. The van der Waals surface area contributed by atoms with Crippen molar-refractivity contribution in [2.75, 3.05) is 26.7 Å². The fourth-order valence-electron chi connectivity index (χ4n) is 4.49. The van der Waals surface area contributed by atoms with Gasteiger partial charge in [-0.1, -0.05) is 24.3 Å². The maximum Gasteiger partial charge on any atom is 0.261 e. The van der Waals surface area contributed by atoms with E-state index in [1.54, 1.807) is 18.4 Å². The summed E-state index contributed by atoms with van der Waals surface area (Å²) in [5, 5.41) is 4.42. The Hall–Kier alpha value is -2.37. The van der Waals surface area contributed by atoms with Gasteiger partial charge in [0.1, 0.15) is 5.75 Å². The van der Waals surface area contributed by atoms with Crippen LogP contribution in [-0.4, -0.2) is 43.6 Å². The van der Waals surface area contributed by atoms with Gasteiger partial charge in [-0.3, -0.25) is 4.79 Å². The molecule has 0 saturated carbocycles. The molecule has 0 spiro atoms. The van der Waals surface area contributed by atoms with Crippen LogP contribution in [0.5, 0.6) is 5.75 Å². The van der Waals surface area contributed by atoms with E-state index in [0.717, 1.165) is 38.4 Å². The summed E-state index contributed by atoms with van der Waals surface area (Å²) in [5.74, 6) is 1.56. The maximum absolute atomic E-state index is 12.9. The summed E-state index contributed by atoms with van der Waals surface area (Å²) in [6, 6.07) is 16.8. The first-order valence-corrected chi connectivity index (χ1v) is 10.7. The van der Waals surface area contributed by atoms with E-state index in [9.17, 15) is 4.79 Å². The minimum Gasteiger partial charge on any atom is -0.497 e. The molecule has 3 saturated heterocycles. The molecule has 3 aliphatic heterocycles. The van der Waals surface area contributed by atoms with Crippen LogP contribution in [0.1, 0.15) is 22.5 Å². The van der Waals surface area contributed by atoms with E-state index in [1.807, 2.05) is 24.3 Å². The van der Waals surface area contributed by atoms with Crippen LogP contribution < -0.4 is 10.1 Å². The number of amides is 1. The highest BCUT2D eigenvalue weighted by Crippen LogP contribution is 2.32. The van der Waals surface area contributed by atoms with Gasteiger partial charge in [-0.2, -0.15) is 0 Å². The molecule has 4 heterocycles. The Labute approximate surface area is 169 Å². The number of piperidine rings is 3. The molecule has 5 heteroatoms. The van der Waals surface area contributed by atoms with Gasteiger partial charge in [0.25, 0.3) is 5.91 Å². The lowest BCUT2D eigenvalue weighted by Gasteiger charge is -2.44. The minimum absolute atomic E-state index is 0.0721. The number of fused-ring (bicyclic) bond motifs is 4. The summed E-state index contributed by atoms with van der Waals surface area (Å²) in [6.07, 6.45) is 2.42. The molecule has 1 atom stereocenters. The fraction of sp³-hybridized carbons (Fsp3) is 0.348. The summed E-state index contributed by atoms with van der Waals surface area (Å²) in [5.41, 5.74) is 2.26. The highest BCUT2D eigenvalue weighted by atomic mass is 32.1. The lowest BCUT2D eigenvalue weighted by atomic mass is 9.84. The number of carbonyl (C=O) groups is 1. The quantitative estimate of drug-likeness (QED) is 0.715. The summed E-state index contributed by atoms with van der Waals surface area (Å²) in [4.78, 5) is 16.1. The SMILES string of the molecule is COc1cccc(-c2ccc3cc(C(=O)NC4CN5CCC4CC5)sc3c2)c1. The number of ether oxygens (including phenoxy) is 1. The number of benzene rings is 2. The van der Waals surface area contributed by atoms with Gasteiger partial charge in [0, 0.05) is 17.3 Å². The van der Waals surface area contributed by atoms with Crippen LogP contribution in [0.2, 0.25) is 0 Å². The number of rotatable bonds is 4. The van der Waals surface area contributed by atoms with Crippen molar-refractivity contribution in [1.29, 1.82) is 0 Å². The normalized spacial score (nSPS) is 23.7. The minimum atomic E-state index is 0.0721. The molecule has 2 aromatic carbocycles. The molecular weight excluding hydrogens is 368 g/mol. The molecule has 1 aromatic heterocycles. The fourth-order valence-corrected chi connectivity index (χ4v) is 5.50. The van der Waals surface area contributed by atoms with Gasteiger partial charge >= 0.3 is 0 Å². The number of carbonyl (C=O) groups excluding carboxylic acids is 1. The van der Waals surface area contributed by atoms with Crippen LogP contribution in [0.25, 0.3) is 21.2 Å². The van der Waals surface area contributed by atoms with Crippen LogP contribution in [0.3, 0.4) is 0 Å². The monoisotopic (exact) mass is 392 g/mol. The molecule has 6 rings (SSSR count). The third kappa shape index (κ3) is 3.29. The molecule has 3 aliphatic rings. The first kappa shape index (κ1) is 17.7. The van der Waals surface area contributed by atoms with Crippen LogP contribution in [-0.2, 0) is 0 Å². The van der Waals surface area contributed by atoms with Crippen LogP contribution in [0.15, 0.2) is 48.5 Å². The van der Waals surface area contributed by atoms with Gasteiger partial charge in [0.05, 0.1) is 12.0 Å². The molecule has 4 nitrogen and oxygen atoms in total. The second-order valence-electron chi connectivity index (χ2n) is 7.81. The van der Waals surface area contributed by atoms with Crippen molar-refractivity contribution in [3.8, 4) is 16.9 Å². The van der Waals surface area contributed by atoms with E-state index in [-0.39, 0.29) is 5.91 Å². The molecule has 0 aliphatic carbocycles. The van der Waals surface area contributed by atoms with Gasteiger partial charge < -0.3 is 15.0 Å². The molecule has 28 heavy (non-hydrogen) atoms. The number of thiophene rings is 1. The van der Waals surface area contributed by atoms with E-state index in [2.05, 4.69) is 34.5 Å². The third-order valence-corrected chi connectivity index (χ3v) is 7.22. The predicted octanol–water partition coefficient (Wildman–Crippen LogP) is 4.40. The number of nitrogens with zero attached hydrogens (tertiary/aromatic N) is 1. The van der Waals surface area contributed by atoms with Gasteiger partial charge in [-0.05, 0) is 72.6 Å². The van der Waals surface area contributed by atoms with E-state index in [1.165, 1.54) is 25.9 Å². The van der Waals surface area contributed by atoms with Crippen molar-refractivity contribution in [2.45, 2.75) is 18.9 Å². The second kappa shape index (κ2) is 7.22. The first-order valence-electron chi connectivity index (χ1n) is 9.91. The largest absolute Gasteiger partial charge is 0.497 e. The number of hydrogen-bond acceptors (Lipinski definition) is 4. The summed E-state index contributed by atoms with van der Waals surface area (Å²) < 4.78 is 6.48. The van der Waals surface area contributed by atoms with Crippen molar-refractivity contribution in [2.24, 2.45) is 5.92 Å². The highest BCUT2D eigenvalue weighted by Gasteiger charge is 2.35. The van der Waals surface area contributed by atoms with Gasteiger partial charge in [-0.15, -0.1) is 11.3 Å². The van der Waals surface area contributed by atoms with Crippen molar-refractivity contribution < 1.29 is 9.53 Å². The average molecular weight is 393 g/mol. The second-order valence-corrected chi connectivity index (χ2v) is 8.90. The molecular formula is C23H24N2O2S. The van der Waals surface area contributed by atoms with Gasteiger partial charge in [0.15, 0.2) is 0 Å². The molecule has 1 amide bonds. The maximum atomic E-state index is 12.9. The Balaban J connectivity index is 1.38. The smallest absolute Gasteiger partial charge is 0.261 e. The van der Waals surface area contributed by atoms with Crippen molar-refractivity contribution in [3.63, 3.8) is 0 Å². The predicted molar refractivity (Wildman–Crippen MR) is 114 cm³/mol. The zero-order valence-electron chi connectivity index (χ0n) is 16.0. The number of nitrogens with one attached hydrogen (secondary N) is 1. The topological polar surface area (TPSA) is 41.6 Å². The lowest BCUT2D eigenvalue weighted by Crippen LogP contribution is -2.57. The average Bonchev–Trinajstić information content (AvgIpc) is 3.18. The van der Waals surface area contributed by atoms with Gasteiger partial charge in [0.2, 0.25) is 0 Å². The summed E-state index contributed by atoms with van der Waals surface area (Å²) in [6.45, 7) is 3.38. The van der Waals surface area contributed by atoms with Gasteiger partial charge in [-0.25, -0.2) is 0 Å². The van der Waals surface area contributed by atoms with E-state index < -0.39 is 0 Å². The van der Waals surface area contributed by atoms with E-state index >= 15 is 0 Å². The Morgan fingerprint density at radius 3 is 2.68 bits per heavy atom. The van der Waals surface area contributed by atoms with Crippen molar-refractivity contribution in [3.05, 3.63) is 53.4 Å². The van der Waals surface area contributed by atoms with E-state index in [4.69, 9.17) is 4.74 Å². The third-order valence-electron chi connectivity index (χ3n) is 6.12. The highest BCUT2D eigenvalue weighted by molar-refractivity contribution is 7.20. The van der Waals surface area contributed by atoms with Crippen molar-refractivity contribution in [1.82, 2.24) is 10.2 Å². The Kier molecular flexibility index (Phi) is 4.57. The number of methoxy groups -OCH3 is 1. The molecule has 1 unspecified atom stereocenters. The zero-order chi connectivity index (χ0) is 19.1. The Bertz CT molecular complexity index is 1020. The molecule has 3 fully saturated rings. The first-order chi connectivity index (χ1) is 13.7. The zero-order valence-corrected chi connectivity index (χ0v) is 16.8. The summed E-state index contributed by atoms with van der Waals surface area (Å²) >= 11 is 1.58. The molecule has 0 radical (unpaired) electrons. The Morgan fingerprint density at radius 2 is 1.93 bits per heavy atom. The van der Waals surface area contributed by atoms with Crippen LogP contribution in [0.4, 0.5) is 0 Å². The molecule has 3 aromatic rings.